The highest BCUT2D eigenvalue weighted by atomic mass is 16.5. The molecular weight excluding hydrogens is 212 g/mol. The highest BCUT2D eigenvalue weighted by molar-refractivity contribution is 5.91. The summed E-state index contributed by atoms with van der Waals surface area (Å²) in [6.45, 7) is 10.8. The molecule has 0 bridgehead atoms. The maximum atomic E-state index is 12.0. The minimum atomic E-state index is -0.218. The molecule has 0 aliphatic rings. The zero-order chi connectivity index (χ0) is 13.1. The largest absolute Gasteiger partial charge is 0.462 e. The lowest BCUT2D eigenvalue weighted by atomic mass is 9.84. The molecule has 94 valence electrons. The van der Waals surface area contributed by atoms with E-state index < -0.39 is 0 Å². The summed E-state index contributed by atoms with van der Waals surface area (Å²) in [5.41, 5.74) is 1.67. The topological polar surface area (TPSA) is 26.3 Å². The Bertz CT molecular complexity index is 386. The summed E-state index contributed by atoms with van der Waals surface area (Å²) in [6.07, 6.45) is 0. The van der Waals surface area contributed by atoms with Gasteiger partial charge in [-0.15, -0.1) is 0 Å². The molecule has 17 heavy (non-hydrogen) atoms. The van der Waals surface area contributed by atoms with Crippen LogP contribution in [0, 0.1) is 5.92 Å². The van der Waals surface area contributed by atoms with Gasteiger partial charge in [-0.3, -0.25) is 0 Å². The first-order valence-electron chi connectivity index (χ1n) is 6.09. The van der Waals surface area contributed by atoms with Crippen LogP contribution >= 0.6 is 0 Å². The van der Waals surface area contributed by atoms with Crippen LogP contribution in [-0.4, -0.2) is 12.6 Å². The van der Waals surface area contributed by atoms with Crippen LogP contribution in [0.5, 0.6) is 0 Å². The van der Waals surface area contributed by atoms with Crippen molar-refractivity contribution in [3.05, 3.63) is 35.4 Å². The monoisotopic (exact) mass is 234 g/mol. The molecule has 0 atom stereocenters. The van der Waals surface area contributed by atoms with E-state index in [9.17, 15) is 4.79 Å². The second-order valence-electron chi connectivity index (χ2n) is 5.79. The van der Waals surface area contributed by atoms with Crippen molar-refractivity contribution in [2.24, 2.45) is 5.92 Å². The van der Waals surface area contributed by atoms with Crippen LogP contribution in [0.4, 0.5) is 0 Å². The molecule has 0 aromatic heterocycles. The molecule has 0 radical (unpaired) electrons. The zero-order valence-electron chi connectivity index (χ0n) is 11.4. The van der Waals surface area contributed by atoms with Crippen molar-refractivity contribution in [2.45, 2.75) is 40.0 Å². The molecule has 0 saturated carbocycles. The molecule has 0 aliphatic carbocycles. The number of carbonyl (C=O) groups excluding carboxylic acids is 1. The molecule has 0 N–H and O–H groups in total. The van der Waals surface area contributed by atoms with E-state index in [0.717, 1.165) is 5.56 Å². The van der Waals surface area contributed by atoms with Crippen LogP contribution in [0.25, 0.3) is 0 Å². The molecule has 0 spiro atoms. The van der Waals surface area contributed by atoms with Crippen molar-refractivity contribution < 1.29 is 9.53 Å². The Morgan fingerprint density at radius 1 is 1.24 bits per heavy atom. The Morgan fingerprint density at radius 2 is 1.82 bits per heavy atom. The van der Waals surface area contributed by atoms with E-state index in [2.05, 4.69) is 20.8 Å². The molecule has 0 amide bonds. The summed E-state index contributed by atoms with van der Waals surface area (Å²) in [5.74, 6) is 0.143. The van der Waals surface area contributed by atoms with Gasteiger partial charge >= 0.3 is 5.97 Å². The SMILES string of the molecule is CC(C)COC(=O)c1ccccc1C(C)(C)C. The third kappa shape index (κ3) is 3.88. The lowest BCUT2D eigenvalue weighted by Crippen LogP contribution is -2.19. The van der Waals surface area contributed by atoms with Crippen molar-refractivity contribution in [2.75, 3.05) is 6.61 Å². The van der Waals surface area contributed by atoms with Crippen molar-refractivity contribution in [1.29, 1.82) is 0 Å². The number of benzene rings is 1. The number of hydrogen-bond acceptors (Lipinski definition) is 2. The van der Waals surface area contributed by atoms with Crippen LogP contribution in [0.15, 0.2) is 24.3 Å². The van der Waals surface area contributed by atoms with E-state index in [1.807, 2.05) is 38.1 Å². The number of esters is 1. The molecule has 0 aliphatic heterocycles. The van der Waals surface area contributed by atoms with Gasteiger partial charge < -0.3 is 4.74 Å². The van der Waals surface area contributed by atoms with Crippen molar-refractivity contribution in [3.8, 4) is 0 Å². The van der Waals surface area contributed by atoms with Gasteiger partial charge in [-0.2, -0.15) is 0 Å². The van der Waals surface area contributed by atoms with Crippen molar-refractivity contribution in [3.63, 3.8) is 0 Å². The minimum absolute atomic E-state index is 0.0482. The fourth-order valence-corrected chi connectivity index (χ4v) is 1.64. The fraction of sp³-hybridized carbons (Fsp3) is 0.533. The molecule has 1 aromatic rings. The smallest absolute Gasteiger partial charge is 0.338 e. The standard InChI is InChI=1S/C15H22O2/c1-11(2)10-17-14(16)12-8-6-7-9-13(12)15(3,4)5/h6-9,11H,10H2,1-5H3. The quantitative estimate of drug-likeness (QED) is 0.744. The second-order valence-corrected chi connectivity index (χ2v) is 5.79. The molecule has 0 fully saturated rings. The lowest BCUT2D eigenvalue weighted by molar-refractivity contribution is 0.0456. The zero-order valence-corrected chi connectivity index (χ0v) is 11.4. The summed E-state index contributed by atoms with van der Waals surface area (Å²) in [7, 11) is 0. The predicted molar refractivity (Wildman–Crippen MR) is 70.3 cm³/mol. The van der Waals surface area contributed by atoms with Crippen LogP contribution < -0.4 is 0 Å². The Hall–Kier alpha value is -1.31. The van der Waals surface area contributed by atoms with E-state index in [1.54, 1.807) is 0 Å². The Labute approximate surface area is 104 Å². The first-order valence-corrected chi connectivity index (χ1v) is 6.09. The average molecular weight is 234 g/mol. The summed E-state index contributed by atoms with van der Waals surface area (Å²) in [6, 6.07) is 7.66. The molecule has 0 heterocycles. The average Bonchev–Trinajstić information content (AvgIpc) is 2.24. The Kier molecular flexibility index (Phi) is 4.33. The summed E-state index contributed by atoms with van der Waals surface area (Å²) >= 11 is 0. The van der Waals surface area contributed by atoms with Gasteiger partial charge in [0.2, 0.25) is 0 Å². The molecule has 1 rings (SSSR count). The number of ether oxygens (including phenoxy) is 1. The van der Waals surface area contributed by atoms with Gasteiger partial charge in [0, 0.05) is 0 Å². The molecular formula is C15H22O2. The van der Waals surface area contributed by atoms with Gasteiger partial charge in [-0.1, -0.05) is 52.8 Å². The van der Waals surface area contributed by atoms with Gasteiger partial charge in [0.25, 0.3) is 0 Å². The summed E-state index contributed by atoms with van der Waals surface area (Å²) < 4.78 is 5.29. The Morgan fingerprint density at radius 3 is 2.35 bits per heavy atom. The second kappa shape index (κ2) is 5.35. The first-order chi connectivity index (χ1) is 7.82. The molecule has 0 saturated heterocycles. The third-order valence-electron chi connectivity index (χ3n) is 2.50. The van der Waals surface area contributed by atoms with Crippen molar-refractivity contribution >= 4 is 5.97 Å². The van der Waals surface area contributed by atoms with Crippen LogP contribution in [0.2, 0.25) is 0 Å². The number of carbonyl (C=O) groups is 1. The molecule has 2 nitrogen and oxygen atoms in total. The van der Waals surface area contributed by atoms with E-state index >= 15 is 0 Å². The Balaban J connectivity index is 2.94. The van der Waals surface area contributed by atoms with E-state index in [1.165, 1.54) is 0 Å². The molecule has 2 heteroatoms. The van der Waals surface area contributed by atoms with Crippen LogP contribution in [-0.2, 0) is 10.2 Å². The van der Waals surface area contributed by atoms with Gasteiger partial charge in [-0.05, 0) is 23.0 Å². The van der Waals surface area contributed by atoms with E-state index in [0.29, 0.717) is 18.1 Å². The molecule has 0 unspecified atom stereocenters. The van der Waals surface area contributed by atoms with Crippen LogP contribution in [0.3, 0.4) is 0 Å². The minimum Gasteiger partial charge on any atom is -0.462 e. The number of rotatable bonds is 3. The predicted octanol–water partition coefficient (Wildman–Crippen LogP) is 3.80. The van der Waals surface area contributed by atoms with Gasteiger partial charge in [0.15, 0.2) is 0 Å². The summed E-state index contributed by atoms with van der Waals surface area (Å²) in [5, 5.41) is 0. The maximum absolute atomic E-state index is 12.0. The highest BCUT2D eigenvalue weighted by Crippen LogP contribution is 2.26. The van der Waals surface area contributed by atoms with Gasteiger partial charge in [-0.25, -0.2) is 4.79 Å². The lowest BCUT2D eigenvalue weighted by Gasteiger charge is -2.22. The van der Waals surface area contributed by atoms with Crippen molar-refractivity contribution in [1.82, 2.24) is 0 Å². The fourth-order valence-electron chi connectivity index (χ4n) is 1.64. The normalized spacial score (nSPS) is 11.6. The maximum Gasteiger partial charge on any atom is 0.338 e. The van der Waals surface area contributed by atoms with E-state index in [-0.39, 0.29) is 11.4 Å². The highest BCUT2D eigenvalue weighted by Gasteiger charge is 2.21. The van der Waals surface area contributed by atoms with E-state index in [4.69, 9.17) is 4.74 Å². The third-order valence-corrected chi connectivity index (χ3v) is 2.50. The summed E-state index contributed by atoms with van der Waals surface area (Å²) in [4.78, 5) is 12.0. The van der Waals surface area contributed by atoms with Gasteiger partial charge in [0.1, 0.15) is 0 Å². The number of hydrogen-bond donors (Lipinski definition) is 0. The van der Waals surface area contributed by atoms with Crippen LogP contribution in [0.1, 0.15) is 50.5 Å². The van der Waals surface area contributed by atoms with Gasteiger partial charge in [0.05, 0.1) is 12.2 Å². The first kappa shape index (κ1) is 13.8. The molecule has 1 aromatic carbocycles.